The first-order valence-electron chi connectivity index (χ1n) is 8.94. The summed E-state index contributed by atoms with van der Waals surface area (Å²) in [6.07, 6.45) is 6.02. The number of para-hydroxylation sites is 1. The van der Waals surface area contributed by atoms with Gasteiger partial charge >= 0.3 is 0 Å². The van der Waals surface area contributed by atoms with Crippen molar-refractivity contribution in [1.29, 1.82) is 0 Å². The molecule has 2 N–H and O–H groups in total. The van der Waals surface area contributed by atoms with Gasteiger partial charge in [-0.2, -0.15) is 0 Å². The molecule has 0 saturated carbocycles. The number of rotatable bonds is 5. The number of aromatic nitrogens is 2. The fourth-order valence-electron chi connectivity index (χ4n) is 3.91. The minimum absolute atomic E-state index is 0.281. The number of benzene rings is 1. The smallest absolute Gasteiger partial charge is 0.291 e. The molecule has 0 radical (unpaired) electrons. The average molecular weight is 362 g/mol. The molecule has 1 aliphatic heterocycles. The van der Waals surface area contributed by atoms with Crippen LogP contribution < -0.4 is 4.98 Å². The quantitative estimate of drug-likeness (QED) is 0.556. The van der Waals surface area contributed by atoms with E-state index < -0.39 is 23.7 Å². The third-order valence-electron chi connectivity index (χ3n) is 5.21. The summed E-state index contributed by atoms with van der Waals surface area (Å²) in [5.41, 5.74) is 2.87. The Hall–Kier alpha value is -3.28. The SMILES string of the molecule is CC(=O)C1C(=O)C(=O)N(CCc2c[nH]c3ccccc23)C1c1ccc[nH+]c1. The van der Waals surface area contributed by atoms with E-state index in [0.29, 0.717) is 13.0 Å². The van der Waals surface area contributed by atoms with Crippen LogP contribution in [0.1, 0.15) is 24.1 Å². The van der Waals surface area contributed by atoms with Gasteiger partial charge in [0.05, 0.1) is 6.04 Å². The minimum Gasteiger partial charge on any atom is -0.361 e. The number of nitrogens with one attached hydrogen (secondary N) is 2. The molecule has 3 aromatic rings. The zero-order chi connectivity index (χ0) is 19.0. The van der Waals surface area contributed by atoms with E-state index in [1.807, 2.05) is 36.5 Å². The number of Topliss-reactive ketones (excluding diaryl/α,β-unsaturated/α-hetero) is 2. The van der Waals surface area contributed by atoms with Crippen molar-refractivity contribution in [3.8, 4) is 0 Å². The Morgan fingerprint density at radius 3 is 2.74 bits per heavy atom. The summed E-state index contributed by atoms with van der Waals surface area (Å²) in [4.78, 5) is 45.0. The largest absolute Gasteiger partial charge is 0.361 e. The van der Waals surface area contributed by atoms with Crippen molar-refractivity contribution in [1.82, 2.24) is 9.88 Å². The van der Waals surface area contributed by atoms with Crippen molar-refractivity contribution in [2.45, 2.75) is 19.4 Å². The van der Waals surface area contributed by atoms with Crippen molar-refractivity contribution in [2.24, 2.45) is 5.92 Å². The van der Waals surface area contributed by atoms with Crippen LogP contribution in [0.15, 0.2) is 55.0 Å². The number of hydrogen-bond acceptors (Lipinski definition) is 3. The Kier molecular flexibility index (Phi) is 4.32. The molecule has 2 unspecified atom stereocenters. The van der Waals surface area contributed by atoms with Gasteiger partial charge in [-0.1, -0.05) is 18.2 Å². The van der Waals surface area contributed by atoms with E-state index in [4.69, 9.17) is 0 Å². The number of ketones is 2. The molecular weight excluding hydrogens is 342 g/mol. The molecule has 4 rings (SSSR count). The molecule has 1 aromatic carbocycles. The van der Waals surface area contributed by atoms with Crippen LogP contribution in [-0.4, -0.2) is 33.9 Å². The number of likely N-dealkylation sites (tertiary alicyclic amines) is 1. The highest BCUT2D eigenvalue weighted by atomic mass is 16.2. The zero-order valence-corrected chi connectivity index (χ0v) is 14.9. The van der Waals surface area contributed by atoms with Crippen LogP contribution in [0.5, 0.6) is 0 Å². The lowest BCUT2D eigenvalue weighted by Crippen LogP contribution is -2.32. The maximum atomic E-state index is 12.6. The summed E-state index contributed by atoms with van der Waals surface area (Å²) < 4.78 is 0. The van der Waals surface area contributed by atoms with E-state index in [1.165, 1.54) is 6.92 Å². The number of aromatic amines is 2. The first kappa shape index (κ1) is 17.1. The molecule has 1 saturated heterocycles. The van der Waals surface area contributed by atoms with Gasteiger partial charge in [0.25, 0.3) is 5.91 Å². The third kappa shape index (κ3) is 2.93. The Labute approximate surface area is 156 Å². The fraction of sp³-hybridized carbons (Fsp3) is 0.238. The molecule has 27 heavy (non-hydrogen) atoms. The number of nitrogens with zero attached hydrogens (tertiary/aromatic N) is 1. The highest BCUT2D eigenvalue weighted by Crippen LogP contribution is 2.36. The Morgan fingerprint density at radius 1 is 1.19 bits per heavy atom. The van der Waals surface area contributed by atoms with E-state index >= 15 is 0 Å². The number of carbonyl (C=O) groups is 3. The topological polar surface area (TPSA) is 84.4 Å². The minimum atomic E-state index is -0.948. The van der Waals surface area contributed by atoms with Gasteiger partial charge in [0.1, 0.15) is 11.7 Å². The van der Waals surface area contributed by atoms with Crippen LogP contribution >= 0.6 is 0 Å². The fourth-order valence-corrected chi connectivity index (χ4v) is 3.91. The monoisotopic (exact) mass is 362 g/mol. The predicted octanol–water partition coefficient (Wildman–Crippen LogP) is 1.88. The molecule has 0 aliphatic carbocycles. The number of pyridine rings is 1. The van der Waals surface area contributed by atoms with Crippen molar-refractivity contribution in [3.05, 3.63) is 66.1 Å². The van der Waals surface area contributed by atoms with Gasteiger partial charge in [-0.15, -0.1) is 0 Å². The van der Waals surface area contributed by atoms with Gasteiger partial charge in [-0.3, -0.25) is 14.4 Å². The van der Waals surface area contributed by atoms with Crippen LogP contribution in [0.25, 0.3) is 10.9 Å². The van der Waals surface area contributed by atoms with Gasteiger partial charge < -0.3 is 9.88 Å². The van der Waals surface area contributed by atoms with Gasteiger partial charge in [0.15, 0.2) is 12.4 Å². The molecule has 1 amide bonds. The number of hydrogen-bond donors (Lipinski definition) is 1. The molecule has 1 aliphatic rings. The van der Waals surface area contributed by atoms with Gasteiger partial charge in [-0.05, 0) is 31.0 Å². The Balaban J connectivity index is 1.65. The summed E-state index contributed by atoms with van der Waals surface area (Å²) in [6, 6.07) is 11.0. The van der Waals surface area contributed by atoms with Crippen LogP contribution in [0.4, 0.5) is 0 Å². The lowest BCUT2D eigenvalue weighted by Gasteiger charge is -2.25. The maximum absolute atomic E-state index is 12.6. The molecule has 1 fully saturated rings. The third-order valence-corrected chi connectivity index (χ3v) is 5.21. The van der Waals surface area contributed by atoms with Gasteiger partial charge in [-0.25, -0.2) is 4.98 Å². The predicted molar refractivity (Wildman–Crippen MR) is 98.6 cm³/mol. The summed E-state index contributed by atoms with van der Waals surface area (Å²) in [5, 5.41) is 1.10. The van der Waals surface area contributed by atoms with E-state index in [-0.39, 0.29) is 5.78 Å². The second-order valence-corrected chi connectivity index (χ2v) is 6.84. The molecular formula is C21H20N3O3+. The highest BCUT2D eigenvalue weighted by molar-refractivity contribution is 6.42. The van der Waals surface area contributed by atoms with Crippen molar-refractivity contribution < 1.29 is 19.4 Å². The molecule has 6 nitrogen and oxygen atoms in total. The second kappa shape index (κ2) is 6.79. The molecule has 0 spiro atoms. The second-order valence-electron chi connectivity index (χ2n) is 6.84. The number of fused-ring (bicyclic) bond motifs is 1. The molecule has 0 bridgehead atoms. The summed E-state index contributed by atoms with van der Waals surface area (Å²) in [6.45, 7) is 1.74. The number of carbonyl (C=O) groups excluding carboxylic acids is 3. The van der Waals surface area contributed by atoms with Crippen LogP contribution in [0, 0.1) is 5.92 Å². The first-order valence-corrected chi connectivity index (χ1v) is 8.94. The lowest BCUT2D eigenvalue weighted by molar-refractivity contribution is -0.379. The Bertz CT molecular complexity index is 1030. The van der Waals surface area contributed by atoms with Gasteiger partial charge in [0.2, 0.25) is 5.78 Å². The first-order chi connectivity index (χ1) is 13.1. The van der Waals surface area contributed by atoms with Crippen molar-refractivity contribution >= 4 is 28.4 Å². The molecule has 136 valence electrons. The molecule has 6 heteroatoms. The standard InChI is InChI=1S/C21H19N3O3/c1-13(25)18-19(15-5-4-9-22-11-15)24(21(27)20(18)26)10-8-14-12-23-17-7-3-2-6-16(14)17/h2-7,9,11-12,18-19,23H,8,10H2,1H3/p+1. The normalized spacial score (nSPS) is 19.8. The number of H-pyrrole nitrogens is 2. The lowest BCUT2D eigenvalue weighted by atomic mass is 9.90. The number of amides is 1. The summed E-state index contributed by atoms with van der Waals surface area (Å²) >= 11 is 0. The van der Waals surface area contributed by atoms with Crippen molar-refractivity contribution in [2.75, 3.05) is 6.54 Å². The Morgan fingerprint density at radius 2 is 2.00 bits per heavy atom. The molecule has 2 aromatic heterocycles. The molecule has 3 heterocycles. The highest BCUT2D eigenvalue weighted by Gasteiger charge is 2.50. The van der Waals surface area contributed by atoms with Crippen molar-refractivity contribution in [3.63, 3.8) is 0 Å². The van der Waals surface area contributed by atoms with E-state index in [2.05, 4.69) is 9.97 Å². The van der Waals surface area contributed by atoms with Crippen LogP contribution in [-0.2, 0) is 20.8 Å². The van der Waals surface area contributed by atoms with E-state index in [1.54, 1.807) is 23.4 Å². The summed E-state index contributed by atoms with van der Waals surface area (Å²) in [5.74, 6) is -2.42. The summed E-state index contributed by atoms with van der Waals surface area (Å²) in [7, 11) is 0. The van der Waals surface area contributed by atoms with Crippen LogP contribution in [0.3, 0.4) is 0 Å². The zero-order valence-electron chi connectivity index (χ0n) is 14.9. The maximum Gasteiger partial charge on any atom is 0.291 e. The average Bonchev–Trinajstić information content (AvgIpc) is 3.20. The van der Waals surface area contributed by atoms with E-state index in [0.717, 1.165) is 22.0 Å². The van der Waals surface area contributed by atoms with E-state index in [9.17, 15) is 14.4 Å². The molecule has 2 atom stereocenters. The van der Waals surface area contributed by atoms with Crippen LogP contribution in [0.2, 0.25) is 0 Å². The van der Waals surface area contributed by atoms with Gasteiger partial charge in [0, 0.05) is 35.3 Å².